The second-order valence-corrected chi connectivity index (χ2v) is 5.10. The largest absolute Gasteiger partial charge is 0.478 e. The Morgan fingerprint density at radius 1 is 1.38 bits per heavy atom. The van der Waals surface area contributed by atoms with Crippen molar-refractivity contribution in [3.8, 4) is 5.75 Å². The van der Waals surface area contributed by atoms with Gasteiger partial charge in [0.05, 0.1) is 5.69 Å². The van der Waals surface area contributed by atoms with Gasteiger partial charge in [-0.1, -0.05) is 6.92 Å². The van der Waals surface area contributed by atoms with Crippen molar-refractivity contribution in [1.29, 1.82) is 0 Å². The quantitative estimate of drug-likeness (QED) is 0.815. The molecular weight excluding hydrogens is 268 g/mol. The van der Waals surface area contributed by atoms with E-state index in [1.165, 1.54) is 0 Å². The number of fused-ring (bicyclic) bond motifs is 1. The fourth-order valence-electron chi connectivity index (χ4n) is 2.49. The molecule has 2 N–H and O–H groups in total. The maximum Gasteiger partial charge on any atom is 0.268 e. The Morgan fingerprint density at radius 3 is 2.76 bits per heavy atom. The number of carbonyl (C=O) groups is 2. The highest BCUT2D eigenvalue weighted by atomic mass is 16.5. The monoisotopic (exact) mass is 290 g/mol. The highest BCUT2D eigenvalue weighted by molar-refractivity contribution is 6.03. The SMILES string of the molecule is CCC1Oc2ccc(C(=O)CCCN)cc2N(CC)C1=O. The second kappa shape index (κ2) is 6.72. The molecule has 0 fully saturated rings. The van der Waals surface area contributed by atoms with Crippen molar-refractivity contribution in [2.45, 2.75) is 39.2 Å². The number of rotatable bonds is 6. The van der Waals surface area contributed by atoms with E-state index in [4.69, 9.17) is 10.5 Å². The first kappa shape index (κ1) is 15.5. The summed E-state index contributed by atoms with van der Waals surface area (Å²) in [6, 6.07) is 5.29. The molecule has 0 aliphatic carbocycles. The van der Waals surface area contributed by atoms with Crippen LogP contribution in [-0.2, 0) is 4.79 Å². The lowest BCUT2D eigenvalue weighted by atomic mass is 10.0. The van der Waals surface area contributed by atoms with Crippen LogP contribution in [0.15, 0.2) is 18.2 Å². The van der Waals surface area contributed by atoms with Crippen molar-refractivity contribution in [3.05, 3.63) is 23.8 Å². The first-order chi connectivity index (χ1) is 10.1. The number of amides is 1. The minimum Gasteiger partial charge on any atom is -0.478 e. The predicted octanol–water partition coefficient (Wildman–Crippen LogP) is 2.13. The highest BCUT2D eigenvalue weighted by Crippen LogP contribution is 2.35. The summed E-state index contributed by atoms with van der Waals surface area (Å²) in [6.45, 7) is 4.90. The minimum atomic E-state index is -0.434. The summed E-state index contributed by atoms with van der Waals surface area (Å²) in [5.74, 6) is 0.669. The third-order valence-electron chi connectivity index (χ3n) is 3.68. The fraction of sp³-hybridized carbons (Fsp3) is 0.500. The second-order valence-electron chi connectivity index (χ2n) is 5.10. The molecule has 1 aromatic rings. The first-order valence-electron chi connectivity index (χ1n) is 7.47. The standard InChI is InChI=1S/C16H22N2O3/c1-3-14-16(20)18(4-2)12-10-11(7-8-15(12)21-14)13(19)6-5-9-17/h7-8,10,14H,3-6,9,17H2,1-2H3. The molecule has 1 heterocycles. The molecule has 2 rings (SSSR count). The van der Waals surface area contributed by atoms with Gasteiger partial charge >= 0.3 is 0 Å². The summed E-state index contributed by atoms with van der Waals surface area (Å²) in [5.41, 5.74) is 6.72. The van der Waals surface area contributed by atoms with Crippen molar-refractivity contribution in [1.82, 2.24) is 0 Å². The smallest absolute Gasteiger partial charge is 0.268 e. The van der Waals surface area contributed by atoms with Gasteiger partial charge in [-0.3, -0.25) is 9.59 Å². The lowest BCUT2D eigenvalue weighted by molar-refractivity contribution is -0.126. The molecule has 114 valence electrons. The maximum atomic E-state index is 12.3. The van der Waals surface area contributed by atoms with E-state index in [9.17, 15) is 9.59 Å². The zero-order valence-corrected chi connectivity index (χ0v) is 12.6. The summed E-state index contributed by atoms with van der Waals surface area (Å²) in [6.07, 6.45) is 1.29. The molecule has 0 saturated heterocycles. The van der Waals surface area contributed by atoms with Gasteiger partial charge in [0.1, 0.15) is 5.75 Å². The number of nitrogens with two attached hydrogens (primary N) is 1. The van der Waals surface area contributed by atoms with Gasteiger partial charge in [0.2, 0.25) is 0 Å². The zero-order valence-electron chi connectivity index (χ0n) is 12.6. The van der Waals surface area contributed by atoms with Gasteiger partial charge in [-0.15, -0.1) is 0 Å². The molecule has 0 spiro atoms. The van der Waals surface area contributed by atoms with Gasteiger partial charge in [0, 0.05) is 18.5 Å². The normalized spacial score (nSPS) is 17.4. The Hall–Kier alpha value is -1.88. The number of nitrogens with zero attached hydrogens (tertiary/aromatic N) is 1. The number of hydrogen-bond acceptors (Lipinski definition) is 4. The lowest BCUT2D eigenvalue weighted by Crippen LogP contribution is -2.45. The van der Waals surface area contributed by atoms with E-state index < -0.39 is 6.10 Å². The van der Waals surface area contributed by atoms with Crippen molar-refractivity contribution in [2.75, 3.05) is 18.0 Å². The molecule has 1 aliphatic heterocycles. The first-order valence-corrected chi connectivity index (χ1v) is 7.47. The van der Waals surface area contributed by atoms with Gasteiger partial charge in [-0.2, -0.15) is 0 Å². The Kier molecular flexibility index (Phi) is 4.96. The lowest BCUT2D eigenvalue weighted by Gasteiger charge is -2.33. The van der Waals surface area contributed by atoms with Gasteiger partial charge in [-0.05, 0) is 44.5 Å². The highest BCUT2D eigenvalue weighted by Gasteiger charge is 2.32. The average molecular weight is 290 g/mol. The van der Waals surface area contributed by atoms with Crippen molar-refractivity contribution >= 4 is 17.4 Å². The molecule has 5 nitrogen and oxygen atoms in total. The number of Topliss-reactive ketones (excluding diaryl/α,β-unsaturated/α-hetero) is 1. The molecule has 21 heavy (non-hydrogen) atoms. The Bertz CT molecular complexity index is 542. The molecule has 0 radical (unpaired) electrons. The summed E-state index contributed by atoms with van der Waals surface area (Å²) in [7, 11) is 0. The van der Waals surface area contributed by atoms with Gasteiger partial charge in [0.15, 0.2) is 11.9 Å². The van der Waals surface area contributed by atoms with Crippen LogP contribution >= 0.6 is 0 Å². The molecule has 1 aromatic carbocycles. The summed E-state index contributed by atoms with van der Waals surface area (Å²) in [5, 5.41) is 0. The number of ether oxygens (including phenoxy) is 1. The van der Waals surface area contributed by atoms with Crippen molar-refractivity contribution in [3.63, 3.8) is 0 Å². The van der Waals surface area contributed by atoms with Crippen LogP contribution in [0.2, 0.25) is 0 Å². The van der Waals surface area contributed by atoms with Crippen molar-refractivity contribution < 1.29 is 14.3 Å². The molecule has 0 saturated carbocycles. The molecule has 0 aromatic heterocycles. The Balaban J connectivity index is 2.32. The van der Waals surface area contributed by atoms with E-state index in [0.29, 0.717) is 49.4 Å². The summed E-state index contributed by atoms with van der Waals surface area (Å²) in [4.78, 5) is 26.1. The number of carbonyl (C=O) groups excluding carboxylic acids is 2. The fourth-order valence-corrected chi connectivity index (χ4v) is 2.49. The molecule has 1 aliphatic rings. The summed E-state index contributed by atoms with van der Waals surface area (Å²) >= 11 is 0. The van der Waals surface area contributed by atoms with Gasteiger partial charge in [-0.25, -0.2) is 0 Å². The zero-order chi connectivity index (χ0) is 15.4. The van der Waals surface area contributed by atoms with Crippen molar-refractivity contribution in [2.24, 2.45) is 5.73 Å². The van der Waals surface area contributed by atoms with E-state index in [0.717, 1.165) is 0 Å². The molecule has 0 bridgehead atoms. The van der Waals surface area contributed by atoms with Crippen LogP contribution in [0.3, 0.4) is 0 Å². The van der Waals surface area contributed by atoms with Crippen LogP contribution in [0, 0.1) is 0 Å². The average Bonchev–Trinajstić information content (AvgIpc) is 2.51. The van der Waals surface area contributed by atoms with E-state index in [-0.39, 0.29) is 11.7 Å². The number of likely N-dealkylation sites (N-methyl/N-ethyl adjacent to an activating group) is 1. The number of anilines is 1. The van der Waals surface area contributed by atoms with Gasteiger partial charge < -0.3 is 15.4 Å². The van der Waals surface area contributed by atoms with Crippen LogP contribution in [0.1, 0.15) is 43.5 Å². The third-order valence-corrected chi connectivity index (χ3v) is 3.68. The summed E-state index contributed by atoms with van der Waals surface area (Å²) < 4.78 is 5.72. The molecule has 5 heteroatoms. The van der Waals surface area contributed by atoms with E-state index >= 15 is 0 Å². The maximum absolute atomic E-state index is 12.3. The van der Waals surface area contributed by atoms with Crippen LogP contribution in [-0.4, -0.2) is 30.9 Å². The predicted molar refractivity (Wildman–Crippen MR) is 81.8 cm³/mol. The number of benzene rings is 1. The molecule has 1 atom stereocenters. The van der Waals surface area contributed by atoms with Crippen LogP contribution in [0.25, 0.3) is 0 Å². The van der Waals surface area contributed by atoms with E-state index in [2.05, 4.69) is 0 Å². The van der Waals surface area contributed by atoms with Gasteiger partial charge in [0.25, 0.3) is 5.91 Å². The van der Waals surface area contributed by atoms with E-state index in [1.54, 1.807) is 23.1 Å². The molecule has 1 unspecified atom stereocenters. The van der Waals surface area contributed by atoms with Crippen LogP contribution in [0.4, 0.5) is 5.69 Å². The van der Waals surface area contributed by atoms with E-state index in [1.807, 2.05) is 13.8 Å². The number of ketones is 1. The topological polar surface area (TPSA) is 72.6 Å². The minimum absolute atomic E-state index is 0.0425. The molecular formula is C16H22N2O3. The third kappa shape index (κ3) is 3.08. The van der Waals surface area contributed by atoms with Crippen LogP contribution in [0.5, 0.6) is 5.75 Å². The number of hydrogen-bond donors (Lipinski definition) is 1. The Labute approximate surface area is 125 Å². The van der Waals surface area contributed by atoms with Crippen LogP contribution < -0.4 is 15.4 Å². The molecule has 1 amide bonds. The Morgan fingerprint density at radius 2 is 2.14 bits per heavy atom.